The van der Waals surface area contributed by atoms with Crippen LogP contribution >= 0.6 is 22.9 Å². The molecule has 4 rings (SSSR count). The van der Waals surface area contributed by atoms with Crippen LogP contribution in [-0.4, -0.2) is 22.1 Å². The Balaban J connectivity index is 1.43. The van der Waals surface area contributed by atoms with Crippen LogP contribution in [0.3, 0.4) is 0 Å². The molecule has 2 aromatic rings. The van der Waals surface area contributed by atoms with E-state index in [0.29, 0.717) is 22.0 Å². The molecule has 25 heavy (non-hydrogen) atoms. The molecule has 7 heteroatoms. The lowest BCUT2D eigenvalue weighted by molar-refractivity contribution is -0.122. The van der Waals surface area contributed by atoms with Gasteiger partial charge < -0.3 is 11.1 Å². The second-order valence-electron chi connectivity index (χ2n) is 7.11. The van der Waals surface area contributed by atoms with E-state index in [2.05, 4.69) is 15.5 Å². The molecule has 0 spiro atoms. The topological polar surface area (TPSA) is 80.9 Å². The van der Waals surface area contributed by atoms with Crippen LogP contribution < -0.4 is 11.1 Å². The molecule has 2 atom stereocenters. The summed E-state index contributed by atoms with van der Waals surface area (Å²) >= 11 is 7.39. The Morgan fingerprint density at radius 2 is 2.00 bits per heavy atom. The Labute approximate surface area is 156 Å². The van der Waals surface area contributed by atoms with Gasteiger partial charge in [0.25, 0.3) is 0 Å². The number of anilines is 1. The third-order valence-electron chi connectivity index (χ3n) is 5.51. The van der Waals surface area contributed by atoms with Crippen LogP contribution in [0.1, 0.15) is 32.1 Å². The fourth-order valence-electron chi connectivity index (χ4n) is 4.22. The van der Waals surface area contributed by atoms with Crippen molar-refractivity contribution in [3.8, 4) is 10.6 Å². The molecule has 1 aromatic heterocycles. The SMILES string of the molecule is NC1C2CCCC1CC(C(=O)Nc1nnc(-c3cccc(Cl)c3)s1)C2. The van der Waals surface area contributed by atoms with Gasteiger partial charge in [-0.3, -0.25) is 4.79 Å². The maximum Gasteiger partial charge on any atom is 0.229 e. The first kappa shape index (κ1) is 16.9. The van der Waals surface area contributed by atoms with Crippen LogP contribution in [0.25, 0.3) is 10.6 Å². The van der Waals surface area contributed by atoms with Gasteiger partial charge in [0.2, 0.25) is 11.0 Å². The van der Waals surface area contributed by atoms with Gasteiger partial charge in [-0.25, -0.2) is 0 Å². The Kier molecular flexibility index (Phi) is 4.75. The normalized spacial score (nSPS) is 28.6. The first-order valence-electron chi connectivity index (χ1n) is 8.76. The minimum Gasteiger partial charge on any atom is -0.327 e. The van der Waals surface area contributed by atoms with Gasteiger partial charge in [-0.15, -0.1) is 10.2 Å². The lowest BCUT2D eigenvalue weighted by Crippen LogP contribution is -2.48. The minimum absolute atomic E-state index is 0.0358. The zero-order chi connectivity index (χ0) is 17.4. The van der Waals surface area contributed by atoms with Crippen molar-refractivity contribution in [2.45, 2.75) is 38.1 Å². The van der Waals surface area contributed by atoms with Gasteiger partial charge >= 0.3 is 0 Å². The highest BCUT2D eigenvalue weighted by atomic mass is 35.5. The van der Waals surface area contributed by atoms with Crippen LogP contribution in [0.15, 0.2) is 24.3 Å². The highest BCUT2D eigenvalue weighted by Gasteiger charge is 2.40. The average molecular weight is 377 g/mol. The van der Waals surface area contributed by atoms with Gasteiger partial charge in [0.15, 0.2) is 0 Å². The van der Waals surface area contributed by atoms with Gasteiger partial charge in [0.1, 0.15) is 5.01 Å². The summed E-state index contributed by atoms with van der Waals surface area (Å²) in [7, 11) is 0. The van der Waals surface area contributed by atoms with Crippen molar-refractivity contribution < 1.29 is 4.79 Å². The predicted molar refractivity (Wildman–Crippen MR) is 101 cm³/mol. The molecule has 1 heterocycles. The first-order valence-corrected chi connectivity index (χ1v) is 9.95. The minimum atomic E-state index is 0.0358. The summed E-state index contributed by atoms with van der Waals surface area (Å²) in [5.41, 5.74) is 7.22. The number of amides is 1. The molecule has 5 nitrogen and oxygen atoms in total. The average Bonchev–Trinajstić information content (AvgIpc) is 3.03. The molecule has 1 amide bonds. The number of carbonyl (C=O) groups excluding carboxylic acids is 1. The molecule has 0 radical (unpaired) electrons. The number of benzene rings is 1. The van der Waals surface area contributed by atoms with Crippen molar-refractivity contribution in [2.24, 2.45) is 23.5 Å². The van der Waals surface area contributed by atoms with E-state index in [1.807, 2.05) is 24.3 Å². The fourth-order valence-corrected chi connectivity index (χ4v) is 5.16. The lowest BCUT2D eigenvalue weighted by atomic mass is 9.65. The maximum atomic E-state index is 12.7. The van der Waals surface area contributed by atoms with Crippen molar-refractivity contribution in [3.05, 3.63) is 29.3 Å². The van der Waals surface area contributed by atoms with E-state index in [4.69, 9.17) is 17.3 Å². The number of fused-ring (bicyclic) bond motifs is 2. The van der Waals surface area contributed by atoms with Gasteiger partial charge in [0.05, 0.1) is 0 Å². The van der Waals surface area contributed by atoms with E-state index in [1.165, 1.54) is 17.8 Å². The van der Waals surface area contributed by atoms with Crippen LogP contribution in [0.4, 0.5) is 5.13 Å². The summed E-state index contributed by atoms with van der Waals surface area (Å²) in [4.78, 5) is 12.7. The Morgan fingerprint density at radius 3 is 2.72 bits per heavy atom. The maximum absolute atomic E-state index is 12.7. The standard InChI is InChI=1S/C18H21ClN4OS/c19-14-6-2-5-12(9-14)17-22-23-18(25-17)21-16(24)13-7-10-3-1-4-11(8-13)15(10)20/h2,5-6,9-11,13,15H,1,3-4,7-8,20H2,(H,21,23,24). The molecule has 3 N–H and O–H groups in total. The Hall–Kier alpha value is -1.50. The number of hydrogen-bond donors (Lipinski definition) is 2. The van der Waals surface area contributed by atoms with E-state index >= 15 is 0 Å². The van der Waals surface area contributed by atoms with E-state index in [1.54, 1.807) is 0 Å². The van der Waals surface area contributed by atoms with Crippen LogP contribution in [0.2, 0.25) is 5.02 Å². The predicted octanol–water partition coefficient (Wildman–Crippen LogP) is 3.95. The number of halogens is 1. The molecular weight excluding hydrogens is 356 g/mol. The van der Waals surface area contributed by atoms with Crippen molar-refractivity contribution in [2.75, 3.05) is 5.32 Å². The van der Waals surface area contributed by atoms with E-state index in [-0.39, 0.29) is 17.9 Å². The molecule has 0 aliphatic heterocycles. The number of carbonyl (C=O) groups is 1. The molecule has 2 aliphatic rings. The lowest BCUT2D eigenvalue weighted by Gasteiger charge is -2.43. The van der Waals surface area contributed by atoms with Gasteiger partial charge in [-0.2, -0.15) is 0 Å². The summed E-state index contributed by atoms with van der Waals surface area (Å²) in [6.07, 6.45) is 5.34. The molecule has 2 fully saturated rings. The second kappa shape index (κ2) is 7.02. The number of nitrogens with two attached hydrogens (primary N) is 1. The van der Waals surface area contributed by atoms with Crippen molar-refractivity contribution in [1.29, 1.82) is 0 Å². The Morgan fingerprint density at radius 1 is 1.24 bits per heavy atom. The third-order valence-corrected chi connectivity index (χ3v) is 6.63. The quantitative estimate of drug-likeness (QED) is 0.849. The molecule has 132 valence electrons. The molecule has 1 aromatic carbocycles. The molecule has 2 unspecified atom stereocenters. The highest BCUT2D eigenvalue weighted by molar-refractivity contribution is 7.18. The summed E-state index contributed by atoms with van der Waals surface area (Å²) in [6, 6.07) is 7.74. The van der Waals surface area contributed by atoms with Crippen molar-refractivity contribution >= 4 is 34.0 Å². The zero-order valence-corrected chi connectivity index (χ0v) is 15.4. The van der Waals surface area contributed by atoms with Gasteiger partial charge in [-0.1, -0.05) is 41.5 Å². The van der Waals surface area contributed by atoms with Crippen molar-refractivity contribution in [1.82, 2.24) is 10.2 Å². The van der Waals surface area contributed by atoms with Crippen LogP contribution in [-0.2, 0) is 4.79 Å². The number of rotatable bonds is 3. The molecule has 2 saturated carbocycles. The van der Waals surface area contributed by atoms with Crippen LogP contribution in [0, 0.1) is 17.8 Å². The summed E-state index contributed by atoms with van der Waals surface area (Å²) in [5, 5.41) is 13.2. The second-order valence-corrected chi connectivity index (χ2v) is 8.52. The monoisotopic (exact) mass is 376 g/mol. The van der Waals surface area contributed by atoms with Gasteiger partial charge in [-0.05, 0) is 49.7 Å². The largest absolute Gasteiger partial charge is 0.327 e. The molecular formula is C18H21ClN4OS. The number of nitrogens with zero attached hydrogens (tertiary/aromatic N) is 2. The van der Waals surface area contributed by atoms with Crippen molar-refractivity contribution in [3.63, 3.8) is 0 Å². The molecule has 0 saturated heterocycles. The van der Waals surface area contributed by atoms with Crippen LogP contribution in [0.5, 0.6) is 0 Å². The van der Waals surface area contributed by atoms with E-state index in [0.717, 1.165) is 36.3 Å². The summed E-state index contributed by atoms with van der Waals surface area (Å²) in [5.74, 6) is 1.06. The molecule has 2 aliphatic carbocycles. The smallest absolute Gasteiger partial charge is 0.229 e. The number of nitrogens with one attached hydrogen (secondary N) is 1. The van der Waals surface area contributed by atoms with E-state index in [9.17, 15) is 4.79 Å². The zero-order valence-electron chi connectivity index (χ0n) is 13.8. The fraction of sp³-hybridized carbons (Fsp3) is 0.500. The number of aromatic nitrogens is 2. The third kappa shape index (κ3) is 3.57. The number of hydrogen-bond acceptors (Lipinski definition) is 5. The highest BCUT2D eigenvalue weighted by Crippen LogP contribution is 2.42. The Bertz CT molecular complexity index is 766. The molecule has 2 bridgehead atoms. The summed E-state index contributed by atoms with van der Waals surface area (Å²) in [6.45, 7) is 0. The van der Waals surface area contributed by atoms with Gasteiger partial charge in [0, 0.05) is 22.5 Å². The first-order chi connectivity index (χ1) is 12.1. The van der Waals surface area contributed by atoms with E-state index < -0.39 is 0 Å². The summed E-state index contributed by atoms with van der Waals surface area (Å²) < 4.78 is 0.